The smallest absolute Gasteiger partial charge is 0.239 e. The fraction of sp³-hybridized carbons (Fsp3) is 0.318. The fourth-order valence-electron chi connectivity index (χ4n) is 3.22. The zero-order valence-corrected chi connectivity index (χ0v) is 17.3. The first kappa shape index (κ1) is 21.1. The lowest BCUT2D eigenvalue weighted by molar-refractivity contribution is -0.121. The predicted molar refractivity (Wildman–Crippen MR) is 113 cm³/mol. The molecule has 0 atom stereocenters. The molecule has 0 aliphatic rings. The van der Waals surface area contributed by atoms with Gasteiger partial charge in [-0.15, -0.1) is 0 Å². The molecule has 1 N–H and O–H groups in total. The van der Waals surface area contributed by atoms with Gasteiger partial charge in [-0.05, 0) is 25.0 Å². The molecule has 29 heavy (non-hydrogen) atoms. The molecule has 0 spiro atoms. The summed E-state index contributed by atoms with van der Waals surface area (Å²) in [5.74, 6) is -0.236. The Morgan fingerprint density at radius 3 is 2.55 bits per heavy atom. The minimum atomic E-state index is -3.55. The van der Waals surface area contributed by atoms with Gasteiger partial charge in [0.25, 0.3) is 0 Å². The van der Waals surface area contributed by atoms with Crippen LogP contribution in [0.15, 0.2) is 65.7 Å². The maximum absolute atomic E-state index is 13.1. The molecular formula is C22H26N2O4S. The largest absolute Gasteiger partial charge is 0.382 e. The molecule has 0 fully saturated rings. The van der Waals surface area contributed by atoms with E-state index in [4.69, 9.17) is 4.74 Å². The summed E-state index contributed by atoms with van der Waals surface area (Å²) in [6.45, 7) is 3.78. The second-order valence-corrected chi connectivity index (χ2v) is 8.74. The summed E-state index contributed by atoms with van der Waals surface area (Å²) in [6.07, 6.45) is 2.31. The number of amides is 1. The molecule has 3 rings (SSSR count). The zero-order valence-electron chi connectivity index (χ0n) is 16.5. The van der Waals surface area contributed by atoms with Gasteiger partial charge in [0.05, 0.1) is 10.6 Å². The highest BCUT2D eigenvalue weighted by Gasteiger charge is 2.22. The number of para-hydroxylation sites is 1. The number of hydrogen-bond acceptors (Lipinski definition) is 4. The highest BCUT2D eigenvalue weighted by atomic mass is 32.2. The number of nitrogens with zero attached hydrogens (tertiary/aromatic N) is 1. The van der Waals surface area contributed by atoms with Crippen molar-refractivity contribution in [3.05, 3.63) is 66.4 Å². The Morgan fingerprint density at radius 1 is 1.07 bits per heavy atom. The summed E-state index contributed by atoms with van der Waals surface area (Å²) >= 11 is 0. The maximum atomic E-state index is 13.1. The van der Waals surface area contributed by atoms with E-state index in [-0.39, 0.29) is 23.1 Å². The Bertz CT molecular complexity index is 1060. The van der Waals surface area contributed by atoms with Crippen LogP contribution >= 0.6 is 0 Å². The van der Waals surface area contributed by atoms with Crippen LogP contribution in [0.25, 0.3) is 10.9 Å². The van der Waals surface area contributed by atoms with E-state index >= 15 is 0 Å². The van der Waals surface area contributed by atoms with Crippen molar-refractivity contribution in [1.82, 2.24) is 9.88 Å². The number of rotatable bonds is 10. The number of carbonyl (C=O) groups is 1. The van der Waals surface area contributed by atoms with Gasteiger partial charge in [0.2, 0.25) is 5.91 Å². The minimum Gasteiger partial charge on any atom is -0.382 e. The summed E-state index contributed by atoms with van der Waals surface area (Å²) < 4.78 is 33.1. The number of nitrogens with one attached hydrogen (secondary N) is 1. The van der Waals surface area contributed by atoms with Gasteiger partial charge in [-0.3, -0.25) is 4.79 Å². The van der Waals surface area contributed by atoms with Gasteiger partial charge in [0, 0.05) is 36.9 Å². The summed E-state index contributed by atoms with van der Waals surface area (Å²) in [4.78, 5) is 12.6. The summed E-state index contributed by atoms with van der Waals surface area (Å²) in [6, 6.07) is 16.4. The lowest BCUT2D eigenvalue weighted by Gasteiger charge is -2.07. The van der Waals surface area contributed by atoms with E-state index in [2.05, 4.69) is 5.32 Å². The number of carbonyl (C=O) groups excluding carboxylic acids is 1. The van der Waals surface area contributed by atoms with E-state index < -0.39 is 9.84 Å². The summed E-state index contributed by atoms with van der Waals surface area (Å²) in [5.41, 5.74) is 1.46. The minimum absolute atomic E-state index is 0.0655. The van der Waals surface area contributed by atoms with Crippen LogP contribution in [0.2, 0.25) is 0 Å². The number of ether oxygens (including phenoxy) is 1. The first-order valence-corrected chi connectivity index (χ1v) is 11.4. The topological polar surface area (TPSA) is 77.4 Å². The molecule has 0 aliphatic carbocycles. The van der Waals surface area contributed by atoms with E-state index in [1.165, 1.54) is 0 Å². The summed E-state index contributed by atoms with van der Waals surface area (Å²) in [7, 11) is -3.55. The van der Waals surface area contributed by atoms with Gasteiger partial charge in [-0.1, -0.05) is 48.5 Å². The number of hydrogen-bond donors (Lipinski definition) is 1. The van der Waals surface area contributed by atoms with Gasteiger partial charge in [0.1, 0.15) is 6.54 Å². The second kappa shape index (κ2) is 9.71. The standard InChI is InChI=1S/C22H26N2O4S/c1-2-28-14-8-13-23-22(25)16-24-15-21(19-11-6-7-12-20(19)24)29(26,27)17-18-9-4-3-5-10-18/h3-7,9-12,15H,2,8,13-14,16-17H2,1H3,(H,23,25). The van der Waals surface area contributed by atoms with Crippen molar-refractivity contribution in [2.24, 2.45) is 0 Å². The molecule has 1 heterocycles. The normalized spacial score (nSPS) is 11.6. The first-order chi connectivity index (χ1) is 14.0. The lowest BCUT2D eigenvalue weighted by atomic mass is 10.2. The molecule has 2 aromatic carbocycles. The lowest BCUT2D eigenvalue weighted by Crippen LogP contribution is -2.28. The molecule has 3 aromatic rings. The van der Waals surface area contributed by atoms with E-state index in [9.17, 15) is 13.2 Å². The van der Waals surface area contributed by atoms with Crippen LogP contribution in [-0.2, 0) is 31.7 Å². The summed E-state index contributed by atoms with van der Waals surface area (Å²) in [5, 5.41) is 3.49. The van der Waals surface area contributed by atoms with Gasteiger partial charge in [-0.2, -0.15) is 0 Å². The average Bonchev–Trinajstić information content (AvgIpc) is 3.08. The van der Waals surface area contributed by atoms with Crippen LogP contribution in [0.3, 0.4) is 0 Å². The Hall–Kier alpha value is -2.64. The van der Waals surface area contributed by atoms with Crippen molar-refractivity contribution in [2.45, 2.75) is 30.5 Å². The van der Waals surface area contributed by atoms with E-state index in [1.807, 2.05) is 43.3 Å². The van der Waals surface area contributed by atoms with Crippen molar-refractivity contribution < 1.29 is 17.9 Å². The molecular weight excluding hydrogens is 388 g/mol. The van der Waals surface area contributed by atoms with Crippen LogP contribution in [-0.4, -0.2) is 38.7 Å². The SMILES string of the molecule is CCOCCCNC(=O)Cn1cc(S(=O)(=O)Cc2ccccc2)c2ccccc21. The van der Waals surface area contributed by atoms with Gasteiger partial charge in [-0.25, -0.2) is 8.42 Å². The van der Waals surface area contributed by atoms with Crippen LogP contribution in [0.4, 0.5) is 0 Å². The van der Waals surface area contributed by atoms with Crippen molar-refractivity contribution in [2.75, 3.05) is 19.8 Å². The van der Waals surface area contributed by atoms with Gasteiger partial charge < -0.3 is 14.6 Å². The van der Waals surface area contributed by atoms with Crippen molar-refractivity contribution >= 4 is 26.6 Å². The van der Waals surface area contributed by atoms with Crippen molar-refractivity contribution in [1.29, 1.82) is 0 Å². The van der Waals surface area contributed by atoms with E-state index in [0.717, 1.165) is 17.5 Å². The van der Waals surface area contributed by atoms with Crippen molar-refractivity contribution in [3.63, 3.8) is 0 Å². The maximum Gasteiger partial charge on any atom is 0.239 e. The number of aromatic nitrogens is 1. The predicted octanol–water partition coefficient (Wildman–Crippen LogP) is 3.16. The monoisotopic (exact) mass is 414 g/mol. The van der Waals surface area contributed by atoms with Crippen LogP contribution in [0, 0.1) is 0 Å². The Balaban J connectivity index is 1.79. The third-order valence-corrected chi connectivity index (χ3v) is 6.30. The Kier molecular flexibility index (Phi) is 7.06. The molecule has 0 radical (unpaired) electrons. The average molecular weight is 415 g/mol. The third-order valence-electron chi connectivity index (χ3n) is 4.59. The fourth-order valence-corrected chi connectivity index (χ4v) is 4.80. The Morgan fingerprint density at radius 2 is 1.79 bits per heavy atom. The molecule has 154 valence electrons. The molecule has 1 aromatic heterocycles. The highest BCUT2D eigenvalue weighted by Crippen LogP contribution is 2.28. The number of sulfone groups is 1. The third kappa shape index (κ3) is 5.46. The number of benzene rings is 2. The molecule has 7 heteroatoms. The number of fused-ring (bicyclic) bond motifs is 1. The molecule has 6 nitrogen and oxygen atoms in total. The molecule has 0 aliphatic heterocycles. The van der Waals surface area contributed by atoms with Crippen LogP contribution < -0.4 is 5.32 Å². The molecule has 0 saturated carbocycles. The van der Waals surface area contributed by atoms with Crippen LogP contribution in [0.1, 0.15) is 18.9 Å². The zero-order chi connectivity index (χ0) is 20.7. The highest BCUT2D eigenvalue weighted by molar-refractivity contribution is 7.90. The second-order valence-electron chi connectivity index (χ2n) is 6.78. The molecule has 0 saturated heterocycles. The van der Waals surface area contributed by atoms with E-state index in [1.54, 1.807) is 29.0 Å². The Labute approximate surface area is 171 Å². The van der Waals surface area contributed by atoms with Gasteiger partial charge in [0.15, 0.2) is 9.84 Å². The first-order valence-electron chi connectivity index (χ1n) is 9.70. The molecule has 0 bridgehead atoms. The van der Waals surface area contributed by atoms with Gasteiger partial charge >= 0.3 is 0 Å². The van der Waals surface area contributed by atoms with Crippen molar-refractivity contribution in [3.8, 4) is 0 Å². The quantitative estimate of drug-likeness (QED) is 0.517. The molecule has 0 unspecified atom stereocenters. The van der Waals surface area contributed by atoms with E-state index in [0.29, 0.717) is 25.1 Å². The van der Waals surface area contributed by atoms with Crippen LogP contribution in [0.5, 0.6) is 0 Å². The molecule has 1 amide bonds.